The monoisotopic (exact) mass is 548 g/mol. The number of benzene rings is 7. The van der Waals surface area contributed by atoms with Crippen molar-refractivity contribution in [1.29, 1.82) is 0 Å². The molecule has 0 N–H and O–H groups in total. The number of hydrogen-bond acceptors (Lipinski definition) is 1. The number of fused-ring (bicyclic) bond motifs is 9. The van der Waals surface area contributed by atoms with E-state index < -0.39 is 0 Å². The number of para-hydroxylation sites is 5. The third kappa shape index (κ3) is 3.14. The van der Waals surface area contributed by atoms with E-state index in [1.165, 1.54) is 60.1 Å². The van der Waals surface area contributed by atoms with E-state index in [2.05, 4.69) is 149 Å². The van der Waals surface area contributed by atoms with E-state index in [9.17, 15) is 0 Å². The molecule has 9 aromatic rings. The Morgan fingerprint density at radius 2 is 1.00 bits per heavy atom. The standard InChI is InChI=1S/C40H24N2O/c1-4-12-34-30(9-1)31-10-2-5-13-35(31)41(34)29-20-19-25-21-26(17-18-27(25)22-29)28-23-33-32-11-3-6-14-36(32)42-37-15-7-8-16-38(37)43-39(24-28)40(33)42/h1-24H. The zero-order valence-corrected chi connectivity index (χ0v) is 23.2. The van der Waals surface area contributed by atoms with Crippen LogP contribution in [0.1, 0.15) is 0 Å². The molecule has 0 bridgehead atoms. The van der Waals surface area contributed by atoms with Crippen LogP contribution in [0, 0.1) is 0 Å². The van der Waals surface area contributed by atoms with Crippen LogP contribution in [-0.2, 0) is 0 Å². The van der Waals surface area contributed by atoms with Gasteiger partial charge in [-0.3, -0.25) is 0 Å². The molecule has 0 amide bonds. The molecule has 0 radical (unpaired) electrons. The van der Waals surface area contributed by atoms with Crippen molar-refractivity contribution in [3.8, 4) is 34.0 Å². The van der Waals surface area contributed by atoms with Gasteiger partial charge in [0.1, 0.15) is 0 Å². The fourth-order valence-corrected chi connectivity index (χ4v) is 7.15. The highest BCUT2D eigenvalue weighted by molar-refractivity contribution is 6.14. The maximum absolute atomic E-state index is 6.53. The summed E-state index contributed by atoms with van der Waals surface area (Å²) < 4.78 is 11.3. The predicted molar refractivity (Wildman–Crippen MR) is 178 cm³/mol. The van der Waals surface area contributed by atoms with Gasteiger partial charge in [-0.15, -0.1) is 0 Å². The van der Waals surface area contributed by atoms with E-state index in [1.54, 1.807) is 0 Å². The molecule has 0 fully saturated rings. The number of nitrogens with zero attached hydrogens (tertiary/aromatic N) is 2. The molecule has 0 aliphatic carbocycles. The topological polar surface area (TPSA) is 19.1 Å². The van der Waals surface area contributed by atoms with Crippen LogP contribution in [-0.4, -0.2) is 9.13 Å². The average molecular weight is 549 g/mol. The maximum atomic E-state index is 6.53. The highest BCUT2D eigenvalue weighted by Crippen LogP contribution is 2.47. The molecule has 1 aliphatic rings. The summed E-state index contributed by atoms with van der Waals surface area (Å²) in [5.41, 5.74) is 9.35. The number of ether oxygens (including phenoxy) is 1. The molecule has 43 heavy (non-hydrogen) atoms. The van der Waals surface area contributed by atoms with Crippen LogP contribution in [0.5, 0.6) is 11.5 Å². The average Bonchev–Trinajstić information content (AvgIpc) is 3.58. The van der Waals surface area contributed by atoms with Crippen molar-refractivity contribution in [3.63, 3.8) is 0 Å². The summed E-state index contributed by atoms with van der Waals surface area (Å²) in [5.74, 6) is 1.77. The second-order valence-corrected chi connectivity index (χ2v) is 11.4. The summed E-state index contributed by atoms with van der Waals surface area (Å²) in [6, 6.07) is 52.4. The lowest BCUT2D eigenvalue weighted by molar-refractivity contribution is 0.476. The second-order valence-electron chi connectivity index (χ2n) is 11.4. The van der Waals surface area contributed by atoms with Crippen molar-refractivity contribution in [3.05, 3.63) is 146 Å². The molecule has 0 unspecified atom stereocenters. The Labute approximate surface area is 247 Å². The van der Waals surface area contributed by atoms with Gasteiger partial charge in [0, 0.05) is 27.2 Å². The first-order chi connectivity index (χ1) is 21.3. The summed E-state index contributed by atoms with van der Waals surface area (Å²) in [6.07, 6.45) is 0. The SMILES string of the molecule is c1ccc2c(c1)Oc1cc(-c3ccc4cc(-n5c6ccccc6c6ccccc65)ccc4c3)cc3c4ccccc4n-2c13. The lowest BCUT2D eigenvalue weighted by Crippen LogP contribution is -2.03. The largest absolute Gasteiger partial charge is 0.453 e. The summed E-state index contributed by atoms with van der Waals surface area (Å²) in [5, 5.41) is 7.42. The number of rotatable bonds is 2. The zero-order chi connectivity index (χ0) is 28.1. The minimum absolute atomic E-state index is 0.880. The van der Waals surface area contributed by atoms with Gasteiger partial charge >= 0.3 is 0 Å². The van der Waals surface area contributed by atoms with Crippen molar-refractivity contribution in [2.75, 3.05) is 0 Å². The van der Waals surface area contributed by atoms with Gasteiger partial charge in [0.05, 0.1) is 27.8 Å². The molecule has 0 atom stereocenters. The molecule has 3 heteroatoms. The fourth-order valence-electron chi connectivity index (χ4n) is 7.15. The Morgan fingerprint density at radius 1 is 0.395 bits per heavy atom. The summed E-state index contributed by atoms with van der Waals surface area (Å²) in [6.45, 7) is 0. The van der Waals surface area contributed by atoms with Crippen LogP contribution in [0.15, 0.2) is 146 Å². The van der Waals surface area contributed by atoms with Gasteiger partial charge in [0.2, 0.25) is 0 Å². The van der Waals surface area contributed by atoms with Gasteiger partial charge in [-0.2, -0.15) is 0 Å². The highest BCUT2D eigenvalue weighted by Gasteiger charge is 2.24. The second kappa shape index (κ2) is 8.37. The van der Waals surface area contributed by atoms with Crippen LogP contribution in [0.4, 0.5) is 0 Å². The number of aromatic nitrogens is 2. The van der Waals surface area contributed by atoms with Gasteiger partial charge < -0.3 is 13.9 Å². The van der Waals surface area contributed by atoms with Crippen LogP contribution in [0.2, 0.25) is 0 Å². The third-order valence-corrected chi connectivity index (χ3v) is 9.06. The molecule has 3 heterocycles. The van der Waals surface area contributed by atoms with E-state index in [-0.39, 0.29) is 0 Å². The van der Waals surface area contributed by atoms with Gasteiger partial charge in [-0.1, -0.05) is 84.9 Å². The van der Waals surface area contributed by atoms with Crippen molar-refractivity contribution < 1.29 is 4.74 Å². The fraction of sp³-hybridized carbons (Fsp3) is 0. The van der Waals surface area contributed by atoms with Gasteiger partial charge in [-0.05, 0) is 82.6 Å². The van der Waals surface area contributed by atoms with Crippen LogP contribution >= 0.6 is 0 Å². The maximum Gasteiger partial charge on any atom is 0.152 e. The summed E-state index contributed by atoms with van der Waals surface area (Å²) in [4.78, 5) is 0. The highest BCUT2D eigenvalue weighted by atomic mass is 16.5. The summed E-state index contributed by atoms with van der Waals surface area (Å²) in [7, 11) is 0. The third-order valence-electron chi connectivity index (χ3n) is 9.06. The molecule has 3 nitrogen and oxygen atoms in total. The molecular formula is C40H24N2O. The van der Waals surface area contributed by atoms with Crippen LogP contribution < -0.4 is 4.74 Å². The Hall–Kier alpha value is -5.80. The normalized spacial score (nSPS) is 12.4. The van der Waals surface area contributed by atoms with Crippen LogP contribution in [0.3, 0.4) is 0 Å². The molecule has 0 saturated carbocycles. The quantitative estimate of drug-likeness (QED) is 0.210. The Balaban J connectivity index is 1.15. The molecular weight excluding hydrogens is 524 g/mol. The van der Waals surface area contributed by atoms with Crippen LogP contribution in [0.25, 0.3) is 76.9 Å². The predicted octanol–water partition coefficient (Wildman–Crippen LogP) is 10.8. The molecule has 0 spiro atoms. The van der Waals surface area contributed by atoms with Crippen molar-refractivity contribution in [2.45, 2.75) is 0 Å². The van der Waals surface area contributed by atoms with E-state index in [1.807, 2.05) is 6.07 Å². The molecule has 200 valence electrons. The number of hydrogen-bond donors (Lipinski definition) is 0. The van der Waals surface area contributed by atoms with E-state index >= 15 is 0 Å². The van der Waals surface area contributed by atoms with Gasteiger partial charge in [0.25, 0.3) is 0 Å². The molecule has 7 aromatic carbocycles. The minimum Gasteiger partial charge on any atom is -0.453 e. The van der Waals surface area contributed by atoms with Crippen molar-refractivity contribution >= 4 is 54.4 Å². The van der Waals surface area contributed by atoms with Crippen molar-refractivity contribution in [2.24, 2.45) is 0 Å². The van der Waals surface area contributed by atoms with E-state index in [0.717, 1.165) is 28.3 Å². The Bertz CT molecular complexity index is 2550. The minimum atomic E-state index is 0.880. The lowest BCUT2D eigenvalue weighted by Gasteiger charge is -2.21. The molecule has 1 aliphatic heterocycles. The smallest absolute Gasteiger partial charge is 0.152 e. The summed E-state index contributed by atoms with van der Waals surface area (Å²) >= 11 is 0. The van der Waals surface area contributed by atoms with Gasteiger partial charge in [-0.25, -0.2) is 0 Å². The van der Waals surface area contributed by atoms with E-state index in [0.29, 0.717) is 0 Å². The zero-order valence-electron chi connectivity index (χ0n) is 23.2. The Morgan fingerprint density at radius 3 is 1.77 bits per heavy atom. The molecule has 2 aromatic heterocycles. The first kappa shape index (κ1) is 22.8. The van der Waals surface area contributed by atoms with E-state index in [4.69, 9.17) is 4.74 Å². The molecule has 10 rings (SSSR count). The Kier molecular flexibility index (Phi) is 4.45. The first-order valence-corrected chi connectivity index (χ1v) is 14.7. The van der Waals surface area contributed by atoms with Crippen molar-refractivity contribution in [1.82, 2.24) is 9.13 Å². The molecule has 0 saturated heterocycles. The first-order valence-electron chi connectivity index (χ1n) is 14.7. The lowest BCUT2D eigenvalue weighted by atomic mass is 9.98. The van der Waals surface area contributed by atoms with Gasteiger partial charge in [0.15, 0.2) is 11.5 Å².